The summed E-state index contributed by atoms with van der Waals surface area (Å²) in [5.41, 5.74) is 17.3. The second kappa shape index (κ2) is 13.9. The fraction of sp³-hybridized carbons (Fsp3) is 0.0526. The van der Waals surface area contributed by atoms with Crippen LogP contribution in [0.2, 0.25) is 0 Å². The highest BCUT2D eigenvalue weighted by molar-refractivity contribution is 6.05. The molecule has 2 heteroatoms. The summed E-state index contributed by atoms with van der Waals surface area (Å²) in [6.07, 6.45) is 0. The first-order valence-electron chi connectivity index (χ1n) is 20.4. The zero-order chi connectivity index (χ0) is 39.5. The van der Waals surface area contributed by atoms with Crippen molar-refractivity contribution in [3.8, 4) is 78.4 Å². The van der Waals surface area contributed by atoms with Crippen LogP contribution in [0.1, 0.15) is 25.0 Å². The Hall–Kier alpha value is -7.42. The SMILES string of the molecule is CC1(C)c2ccc(-c3ccc(-c4nc(-c5ccc(-c6ccccc6)cc5)cc(-c5cccc(-c6ccccc6)c5)n4)c4ccccc34)cc2-c2ccc3ccccc3c21. The van der Waals surface area contributed by atoms with Crippen molar-refractivity contribution in [3.05, 3.63) is 217 Å². The average molecular weight is 753 g/mol. The molecule has 1 aliphatic rings. The van der Waals surface area contributed by atoms with Gasteiger partial charge in [0, 0.05) is 22.1 Å². The van der Waals surface area contributed by atoms with E-state index in [0.717, 1.165) is 39.0 Å². The topological polar surface area (TPSA) is 25.8 Å². The van der Waals surface area contributed by atoms with Gasteiger partial charge in [-0.1, -0.05) is 196 Å². The summed E-state index contributed by atoms with van der Waals surface area (Å²) in [6, 6.07) is 74.2. The van der Waals surface area contributed by atoms with Crippen molar-refractivity contribution < 1.29 is 0 Å². The van der Waals surface area contributed by atoms with Crippen LogP contribution in [0.25, 0.3) is 100.0 Å². The van der Waals surface area contributed by atoms with E-state index in [-0.39, 0.29) is 5.41 Å². The molecule has 0 amide bonds. The van der Waals surface area contributed by atoms with E-state index < -0.39 is 0 Å². The lowest BCUT2D eigenvalue weighted by molar-refractivity contribution is 0.666. The third kappa shape index (κ3) is 5.96. The van der Waals surface area contributed by atoms with E-state index >= 15 is 0 Å². The molecule has 0 N–H and O–H groups in total. The third-order valence-corrected chi connectivity index (χ3v) is 12.3. The molecule has 0 radical (unpaired) electrons. The van der Waals surface area contributed by atoms with Crippen molar-refractivity contribution in [1.29, 1.82) is 0 Å². The maximum atomic E-state index is 5.35. The van der Waals surface area contributed by atoms with E-state index in [9.17, 15) is 0 Å². The van der Waals surface area contributed by atoms with Gasteiger partial charge >= 0.3 is 0 Å². The number of nitrogens with zero attached hydrogens (tertiary/aromatic N) is 2. The number of hydrogen-bond donors (Lipinski definition) is 0. The van der Waals surface area contributed by atoms with E-state index in [0.29, 0.717) is 5.82 Å². The molecule has 0 fully saturated rings. The standard InChI is InChI=1S/C57H40N2/c1-57(2)52-33-29-43(35-51(52)49-30-28-40-18-9-10-21-46(40)55(49)57)45-31-32-50(48-23-12-11-22-47(45)48)56-58-53(41-26-24-39(25-27-41)37-14-5-3-6-15-37)36-54(59-56)44-20-13-19-42(34-44)38-16-7-4-8-17-38/h3-36H,1-2H3. The summed E-state index contributed by atoms with van der Waals surface area (Å²) in [5, 5.41) is 4.92. The lowest BCUT2D eigenvalue weighted by atomic mass is 9.80. The Labute approximate surface area is 345 Å². The van der Waals surface area contributed by atoms with Crippen molar-refractivity contribution in [3.63, 3.8) is 0 Å². The van der Waals surface area contributed by atoms with Gasteiger partial charge in [-0.05, 0) is 101 Å². The number of rotatable bonds is 6. The molecular weight excluding hydrogens is 713 g/mol. The fourth-order valence-corrected chi connectivity index (χ4v) is 9.35. The van der Waals surface area contributed by atoms with Crippen LogP contribution in [0.15, 0.2) is 206 Å². The van der Waals surface area contributed by atoms with Gasteiger partial charge in [-0.3, -0.25) is 0 Å². The first kappa shape index (κ1) is 34.8. The van der Waals surface area contributed by atoms with E-state index in [2.05, 4.69) is 220 Å². The van der Waals surface area contributed by atoms with E-state index in [1.807, 2.05) is 0 Å². The smallest absolute Gasteiger partial charge is 0.161 e. The average Bonchev–Trinajstić information content (AvgIpc) is 3.54. The minimum absolute atomic E-state index is 0.0987. The zero-order valence-corrected chi connectivity index (χ0v) is 33.0. The molecule has 1 heterocycles. The number of benzene rings is 9. The maximum Gasteiger partial charge on any atom is 0.161 e. The highest BCUT2D eigenvalue weighted by Crippen LogP contribution is 2.52. The highest BCUT2D eigenvalue weighted by Gasteiger charge is 2.37. The van der Waals surface area contributed by atoms with Gasteiger partial charge in [0.1, 0.15) is 0 Å². The molecule has 2 nitrogen and oxygen atoms in total. The summed E-state index contributed by atoms with van der Waals surface area (Å²) in [5.74, 6) is 0.703. The van der Waals surface area contributed by atoms with Crippen molar-refractivity contribution in [2.75, 3.05) is 0 Å². The van der Waals surface area contributed by atoms with Crippen molar-refractivity contribution in [2.45, 2.75) is 19.3 Å². The van der Waals surface area contributed by atoms with E-state index in [1.165, 1.54) is 66.2 Å². The zero-order valence-electron chi connectivity index (χ0n) is 33.0. The van der Waals surface area contributed by atoms with Crippen LogP contribution in [-0.2, 0) is 5.41 Å². The number of aromatic nitrogens is 2. The molecule has 278 valence electrons. The summed E-state index contributed by atoms with van der Waals surface area (Å²) in [6.45, 7) is 4.73. The second-order valence-electron chi connectivity index (χ2n) is 16.2. The van der Waals surface area contributed by atoms with E-state index in [4.69, 9.17) is 9.97 Å². The number of hydrogen-bond acceptors (Lipinski definition) is 2. The summed E-state index contributed by atoms with van der Waals surface area (Å²) >= 11 is 0. The molecule has 1 aromatic heterocycles. The molecule has 1 aliphatic carbocycles. The Morgan fingerprint density at radius 1 is 0.322 bits per heavy atom. The molecular formula is C57H40N2. The van der Waals surface area contributed by atoms with Gasteiger partial charge in [0.15, 0.2) is 5.82 Å². The Morgan fingerprint density at radius 2 is 0.847 bits per heavy atom. The summed E-state index contributed by atoms with van der Waals surface area (Å²) in [4.78, 5) is 10.7. The molecule has 9 aromatic carbocycles. The van der Waals surface area contributed by atoms with Crippen LogP contribution in [0.5, 0.6) is 0 Å². The van der Waals surface area contributed by atoms with Gasteiger partial charge in [0.05, 0.1) is 11.4 Å². The minimum atomic E-state index is -0.0987. The van der Waals surface area contributed by atoms with Crippen molar-refractivity contribution in [1.82, 2.24) is 9.97 Å². The monoisotopic (exact) mass is 752 g/mol. The predicted octanol–water partition coefficient (Wildman–Crippen LogP) is 15.1. The molecule has 10 aromatic rings. The largest absolute Gasteiger partial charge is 0.228 e. The lowest BCUT2D eigenvalue weighted by Crippen LogP contribution is -2.15. The molecule has 59 heavy (non-hydrogen) atoms. The summed E-state index contributed by atoms with van der Waals surface area (Å²) in [7, 11) is 0. The lowest BCUT2D eigenvalue weighted by Gasteiger charge is -2.23. The van der Waals surface area contributed by atoms with Gasteiger partial charge < -0.3 is 0 Å². The van der Waals surface area contributed by atoms with Gasteiger partial charge in [-0.25, -0.2) is 9.97 Å². The molecule has 0 unspecified atom stereocenters. The molecule has 0 saturated carbocycles. The quantitative estimate of drug-likeness (QED) is 0.169. The van der Waals surface area contributed by atoms with Gasteiger partial charge in [-0.2, -0.15) is 0 Å². The van der Waals surface area contributed by atoms with Crippen LogP contribution < -0.4 is 0 Å². The van der Waals surface area contributed by atoms with Gasteiger partial charge in [-0.15, -0.1) is 0 Å². The Morgan fingerprint density at radius 3 is 1.59 bits per heavy atom. The van der Waals surface area contributed by atoms with Crippen LogP contribution in [0.3, 0.4) is 0 Å². The van der Waals surface area contributed by atoms with Gasteiger partial charge in [0.2, 0.25) is 0 Å². The van der Waals surface area contributed by atoms with Crippen LogP contribution >= 0.6 is 0 Å². The molecule has 0 bridgehead atoms. The maximum absolute atomic E-state index is 5.35. The molecule has 0 atom stereocenters. The molecule has 0 spiro atoms. The Balaban J connectivity index is 1.06. The first-order valence-corrected chi connectivity index (χ1v) is 20.4. The van der Waals surface area contributed by atoms with Crippen LogP contribution in [0, 0.1) is 0 Å². The minimum Gasteiger partial charge on any atom is -0.228 e. The normalized spacial score (nSPS) is 12.7. The van der Waals surface area contributed by atoms with Crippen molar-refractivity contribution >= 4 is 21.5 Å². The van der Waals surface area contributed by atoms with Gasteiger partial charge in [0.25, 0.3) is 0 Å². The molecule has 0 aliphatic heterocycles. The van der Waals surface area contributed by atoms with Crippen molar-refractivity contribution in [2.24, 2.45) is 0 Å². The third-order valence-electron chi connectivity index (χ3n) is 12.3. The second-order valence-corrected chi connectivity index (χ2v) is 16.2. The number of fused-ring (bicyclic) bond motifs is 6. The Kier molecular flexibility index (Phi) is 8.20. The predicted molar refractivity (Wildman–Crippen MR) is 247 cm³/mol. The van der Waals surface area contributed by atoms with Crippen LogP contribution in [0.4, 0.5) is 0 Å². The highest BCUT2D eigenvalue weighted by atomic mass is 14.9. The molecule has 11 rings (SSSR count). The first-order chi connectivity index (χ1) is 29.0. The Bertz CT molecular complexity index is 3220. The van der Waals surface area contributed by atoms with E-state index in [1.54, 1.807) is 0 Å². The summed E-state index contributed by atoms with van der Waals surface area (Å²) < 4.78 is 0. The molecule has 0 saturated heterocycles. The van der Waals surface area contributed by atoms with Crippen LogP contribution in [-0.4, -0.2) is 9.97 Å². The fourth-order valence-electron chi connectivity index (χ4n) is 9.35.